The lowest BCUT2D eigenvalue weighted by atomic mass is 10.1. The molecule has 1 saturated heterocycles. The van der Waals surface area contributed by atoms with Gasteiger partial charge in [0.05, 0.1) is 6.42 Å². The first-order valence-corrected chi connectivity index (χ1v) is 8.11. The maximum absolute atomic E-state index is 13.7. The highest BCUT2D eigenvalue weighted by molar-refractivity contribution is 5.79. The Labute approximate surface area is 141 Å². The van der Waals surface area contributed by atoms with Gasteiger partial charge in [-0.05, 0) is 31.5 Å². The molecule has 0 spiro atoms. The number of halogens is 1. The number of hydrogen-bond donors (Lipinski definition) is 0. The number of carbonyl (C=O) groups is 1. The third-order valence-electron chi connectivity index (χ3n) is 4.19. The predicted octanol–water partition coefficient (Wildman–Crippen LogP) is 2.12. The van der Waals surface area contributed by atoms with Crippen LogP contribution in [0.1, 0.15) is 17.0 Å². The Kier molecular flexibility index (Phi) is 4.74. The number of benzene rings is 1. The highest BCUT2D eigenvalue weighted by Crippen LogP contribution is 2.14. The first-order chi connectivity index (χ1) is 11.5. The molecule has 3 rings (SSSR count). The van der Waals surface area contributed by atoms with Crippen molar-refractivity contribution in [1.29, 1.82) is 0 Å². The Balaban J connectivity index is 1.60. The first kappa shape index (κ1) is 16.4. The van der Waals surface area contributed by atoms with E-state index >= 15 is 0 Å². The topological polar surface area (TPSA) is 49.3 Å². The highest BCUT2D eigenvalue weighted by atomic mass is 19.1. The van der Waals surface area contributed by atoms with Gasteiger partial charge in [-0.25, -0.2) is 14.4 Å². The monoisotopic (exact) mass is 328 g/mol. The molecule has 0 aliphatic carbocycles. The summed E-state index contributed by atoms with van der Waals surface area (Å²) in [6, 6.07) is 8.37. The zero-order chi connectivity index (χ0) is 17.1. The van der Waals surface area contributed by atoms with E-state index in [1.54, 1.807) is 23.1 Å². The number of amides is 1. The maximum Gasteiger partial charge on any atom is 0.227 e. The number of piperazine rings is 1. The van der Waals surface area contributed by atoms with Gasteiger partial charge in [0.2, 0.25) is 11.9 Å². The standard InChI is InChI=1S/C18H21FN4O/c1-13-11-14(2)21-18(20-13)23-9-7-22(8-10-23)17(24)12-15-5-3-4-6-16(15)19/h3-6,11H,7-10,12H2,1-2H3. The quantitative estimate of drug-likeness (QED) is 0.866. The van der Waals surface area contributed by atoms with Crippen molar-refractivity contribution in [3.63, 3.8) is 0 Å². The molecule has 1 aliphatic rings. The van der Waals surface area contributed by atoms with Crippen LogP contribution in [0, 0.1) is 19.7 Å². The SMILES string of the molecule is Cc1cc(C)nc(N2CCN(C(=O)Cc3ccccc3F)CC2)n1. The van der Waals surface area contributed by atoms with Crippen LogP contribution in [-0.4, -0.2) is 47.0 Å². The summed E-state index contributed by atoms with van der Waals surface area (Å²) in [5.41, 5.74) is 2.33. The van der Waals surface area contributed by atoms with E-state index < -0.39 is 0 Å². The lowest BCUT2D eigenvalue weighted by Crippen LogP contribution is -2.49. The number of aryl methyl sites for hydroxylation is 2. The Morgan fingerprint density at radius 1 is 1.08 bits per heavy atom. The van der Waals surface area contributed by atoms with Crippen LogP contribution in [-0.2, 0) is 11.2 Å². The number of carbonyl (C=O) groups excluding carboxylic acids is 1. The zero-order valence-corrected chi connectivity index (χ0v) is 14.0. The van der Waals surface area contributed by atoms with Gasteiger partial charge in [0, 0.05) is 37.6 Å². The summed E-state index contributed by atoms with van der Waals surface area (Å²) in [6.45, 7) is 6.48. The second kappa shape index (κ2) is 6.95. The molecule has 0 bridgehead atoms. The molecule has 1 amide bonds. The minimum atomic E-state index is -0.326. The van der Waals surface area contributed by atoms with Crippen LogP contribution in [0.5, 0.6) is 0 Å². The van der Waals surface area contributed by atoms with Gasteiger partial charge < -0.3 is 9.80 Å². The van der Waals surface area contributed by atoms with Crippen LogP contribution >= 0.6 is 0 Å². The lowest BCUT2D eigenvalue weighted by molar-refractivity contribution is -0.130. The molecular formula is C18H21FN4O. The first-order valence-electron chi connectivity index (χ1n) is 8.11. The van der Waals surface area contributed by atoms with Crippen molar-refractivity contribution in [2.24, 2.45) is 0 Å². The molecule has 1 fully saturated rings. The van der Waals surface area contributed by atoms with Crippen molar-refractivity contribution >= 4 is 11.9 Å². The van der Waals surface area contributed by atoms with Crippen molar-refractivity contribution in [3.05, 3.63) is 53.1 Å². The molecule has 6 heteroatoms. The summed E-state index contributed by atoms with van der Waals surface area (Å²) in [7, 11) is 0. The molecule has 0 unspecified atom stereocenters. The van der Waals surface area contributed by atoms with Crippen LogP contribution in [0.3, 0.4) is 0 Å². The van der Waals surface area contributed by atoms with E-state index in [0.29, 0.717) is 37.7 Å². The third-order valence-corrected chi connectivity index (χ3v) is 4.19. The minimum Gasteiger partial charge on any atom is -0.339 e. The van der Waals surface area contributed by atoms with Gasteiger partial charge in [0.15, 0.2) is 0 Å². The third kappa shape index (κ3) is 3.69. The van der Waals surface area contributed by atoms with Crippen molar-refractivity contribution < 1.29 is 9.18 Å². The average molecular weight is 328 g/mol. The van der Waals surface area contributed by atoms with Gasteiger partial charge in [0.1, 0.15) is 5.82 Å². The number of rotatable bonds is 3. The highest BCUT2D eigenvalue weighted by Gasteiger charge is 2.23. The largest absolute Gasteiger partial charge is 0.339 e. The molecule has 2 aromatic rings. The van der Waals surface area contributed by atoms with Crippen molar-refractivity contribution in [2.45, 2.75) is 20.3 Å². The van der Waals surface area contributed by atoms with E-state index in [1.807, 2.05) is 19.9 Å². The van der Waals surface area contributed by atoms with E-state index in [0.717, 1.165) is 11.4 Å². The summed E-state index contributed by atoms with van der Waals surface area (Å²) in [5, 5.41) is 0. The van der Waals surface area contributed by atoms with Crippen LogP contribution in [0.15, 0.2) is 30.3 Å². The predicted molar refractivity (Wildman–Crippen MR) is 90.4 cm³/mol. The molecule has 0 N–H and O–H groups in total. The number of anilines is 1. The Bertz CT molecular complexity index is 721. The van der Waals surface area contributed by atoms with Gasteiger partial charge in [-0.1, -0.05) is 18.2 Å². The van der Waals surface area contributed by atoms with E-state index in [-0.39, 0.29) is 18.1 Å². The normalized spacial score (nSPS) is 14.8. The lowest BCUT2D eigenvalue weighted by Gasteiger charge is -2.35. The van der Waals surface area contributed by atoms with E-state index in [9.17, 15) is 9.18 Å². The van der Waals surface area contributed by atoms with Gasteiger partial charge >= 0.3 is 0 Å². The summed E-state index contributed by atoms with van der Waals surface area (Å²) in [4.78, 5) is 25.2. The van der Waals surface area contributed by atoms with Crippen molar-refractivity contribution in [1.82, 2.24) is 14.9 Å². The van der Waals surface area contributed by atoms with Gasteiger partial charge in [-0.3, -0.25) is 4.79 Å². The molecular weight excluding hydrogens is 307 g/mol. The van der Waals surface area contributed by atoms with E-state index in [1.165, 1.54) is 6.07 Å². The van der Waals surface area contributed by atoms with Crippen molar-refractivity contribution in [3.8, 4) is 0 Å². The summed E-state index contributed by atoms with van der Waals surface area (Å²) < 4.78 is 13.7. The molecule has 1 aromatic carbocycles. The maximum atomic E-state index is 13.7. The van der Waals surface area contributed by atoms with Crippen LogP contribution < -0.4 is 4.90 Å². The number of hydrogen-bond acceptors (Lipinski definition) is 4. The van der Waals surface area contributed by atoms with Crippen LogP contribution in [0.25, 0.3) is 0 Å². The number of aromatic nitrogens is 2. The van der Waals surface area contributed by atoms with Gasteiger partial charge in [-0.15, -0.1) is 0 Å². The number of nitrogens with zero attached hydrogens (tertiary/aromatic N) is 4. The fourth-order valence-corrected chi connectivity index (χ4v) is 2.92. The van der Waals surface area contributed by atoms with E-state index in [2.05, 4.69) is 14.9 Å². The molecule has 2 heterocycles. The van der Waals surface area contributed by atoms with Gasteiger partial charge in [0.25, 0.3) is 0 Å². The van der Waals surface area contributed by atoms with Gasteiger partial charge in [-0.2, -0.15) is 0 Å². The molecule has 1 aromatic heterocycles. The summed E-state index contributed by atoms with van der Waals surface area (Å²) in [5.74, 6) is 0.350. The zero-order valence-electron chi connectivity index (χ0n) is 14.0. The molecule has 24 heavy (non-hydrogen) atoms. The average Bonchev–Trinajstić information content (AvgIpc) is 2.56. The van der Waals surface area contributed by atoms with Crippen LogP contribution in [0.4, 0.5) is 10.3 Å². The van der Waals surface area contributed by atoms with Crippen LogP contribution in [0.2, 0.25) is 0 Å². The second-order valence-corrected chi connectivity index (χ2v) is 6.09. The molecule has 0 radical (unpaired) electrons. The second-order valence-electron chi connectivity index (χ2n) is 6.09. The Hall–Kier alpha value is -2.50. The minimum absolute atomic E-state index is 0.0407. The van der Waals surface area contributed by atoms with E-state index in [4.69, 9.17) is 0 Å². The molecule has 0 atom stereocenters. The Morgan fingerprint density at radius 2 is 1.71 bits per heavy atom. The molecule has 126 valence electrons. The molecule has 1 aliphatic heterocycles. The summed E-state index contributed by atoms with van der Waals surface area (Å²) in [6.07, 6.45) is 0.104. The van der Waals surface area contributed by atoms with Crippen molar-refractivity contribution in [2.75, 3.05) is 31.1 Å². The molecule has 5 nitrogen and oxygen atoms in total. The summed E-state index contributed by atoms with van der Waals surface area (Å²) >= 11 is 0. The Morgan fingerprint density at radius 3 is 2.33 bits per heavy atom. The fraction of sp³-hybridized carbons (Fsp3) is 0.389. The smallest absolute Gasteiger partial charge is 0.227 e. The molecule has 0 saturated carbocycles. The fourth-order valence-electron chi connectivity index (χ4n) is 2.92.